The molecule has 0 aromatic heterocycles. The van der Waals surface area contributed by atoms with Crippen LogP contribution in [0.25, 0.3) is 0 Å². The first-order valence-electron chi connectivity index (χ1n) is 8.30. The van der Waals surface area contributed by atoms with Gasteiger partial charge in [-0.3, -0.25) is 10.1 Å². The van der Waals surface area contributed by atoms with Gasteiger partial charge in [-0.2, -0.15) is 0 Å². The Morgan fingerprint density at radius 1 is 1.15 bits per heavy atom. The number of nitro groups is 1. The summed E-state index contributed by atoms with van der Waals surface area (Å²) < 4.78 is 32.4. The Balaban J connectivity index is 1.92. The third kappa shape index (κ3) is 5.27. The third-order valence-corrected chi connectivity index (χ3v) is 5.27. The number of hydrogen-bond donors (Lipinski definition) is 1. The van der Waals surface area contributed by atoms with Gasteiger partial charge in [0, 0.05) is 18.2 Å². The van der Waals surface area contributed by atoms with Crippen LogP contribution >= 0.6 is 0 Å². The average Bonchev–Trinajstić information content (AvgIpc) is 2.60. The Hall–Kier alpha value is -2.45. The molecule has 2 rings (SSSR count). The van der Waals surface area contributed by atoms with Crippen LogP contribution in [-0.2, 0) is 16.4 Å². The smallest absolute Gasteiger partial charge is 0.273 e. The second-order valence-electron chi connectivity index (χ2n) is 5.85. The molecule has 2 aromatic carbocycles. The van der Waals surface area contributed by atoms with Crippen molar-refractivity contribution in [3.63, 3.8) is 0 Å². The predicted molar refractivity (Wildman–Crippen MR) is 99.0 cm³/mol. The van der Waals surface area contributed by atoms with Gasteiger partial charge in [0.25, 0.3) is 5.69 Å². The Morgan fingerprint density at radius 2 is 1.85 bits per heavy atom. The first kappa shape index (κ1) is 19.9. The van der Waals surface area contributed by atoms with Gasteiger partial charge in [-0.05, 0) is 37.1 Å². The summed E-state index contributed by atoms with van der Waals surface area (Å²) in [6.45, 7) is 3.88. The lowest BCUT2D eigenvalue weighted by Crippen LogP contribution is -2.28. The highest BCUT2D eigenvalue weighted by Gasteiger charge is 2.19. The zero-order valence-electron chi connectivity index (χ0n) is 14.8. The summed E-state index contributed by atoms with van der Waals surface area (Å²) >= 11 is 0. The molecule has 7 nitrogen and oxygen atoms in total. The zero-order valence-corrected chi connectivity index (χ0v) is 15.6. The number of hydrogen-bond acceptors (Lipinski definition) is 5. The van der Waals surface area contributed by atoms with Crippen molar-refractivity contribution in [2.45, 2.75) is 31.6 Å². The van der Waals surface area contributed by atoms with Crippen LogP contribution in [0.4, 0.5) is 5.69 Å². The molecule has 140 valence electrons. The van der Waals surface area contributed by atoms with E-state index in [0.29, 0.717) is 11.3 Å². The Bertz CT molecular complexity index is 864. The van der Waals surface area contributed by atoms with E-state index in [1.807, 2.05) is 24.3 Å². The maximum absolute atomic E-state index is 12.3. The Morgan fingerprint density at radius 3 is 2.46 bits per heavy atom. The molecule has 0 spiro atoms. The zero-order chi connectivity index (χ0) is 19.2. The Labute approximate surface area is 153 Å². The number of benzene rings is 2. The monoisotopic (exact) mass is 378 g/mol. The molecule has 0 bridgehead atoms. The first-order chi connectivity index (χ1) is 12.3. The van der Waals surface area contributed by atoms with E-state index in [1.54, 1.807) is 6.92 Å². The Kier molecular flexibility index (Phi) is 6.70. The molecule has 0 fully saturated rings. The fourth-order valence-electron chi connectivity index (χ4n) is 2.42. The minimum Gasteiger partial charge on any atom is -0.492 e. The standard InChI is InChI=1S/C18H22N2O5S/c1-3-4-15-6-8-16(9-7-15)25-12-11-19-26(23,24)17-10-5-14(2)18(13-17)20(21)22/h5-10,13,19H,3-4,11-12H2,1-2H3. The topological polar surface area (TPSA) is 98.5 Å². The van der Waals surface area contributed by atoms with Gasteiger partial charge >= 0.3 is 0 Å². The highest BCUT2D eigenvalue weighted by atomic mass is 32.2. The van der Waals surface area contributed by atoms with E-state index in [9.17, 15) is 18.5 Å². The van der Waals surface area contributed by atoms with Crippen molar-refractivity contribution < 1.29 is 18.1 Å². The van der Waals surface area contributed by atoms with Crippen LogP contribution < -0.4 is 9.46 Å². The van der Waals surface area contributed by atoms with E-state index in [0.717, 1.165) is 18.9 Å². The lowest BCUT2D eigenvalue weighted by atomic mass is 10.1. The van der Waals surface area contributed by atoms with Crippen LogP contribution in [-0.4, -0.2) is 26.5 Å². The van der Waals surface area contributed by atoms with E-state index in [1.165, 1.54) is 17.7 Å². The predicted octanol–water partition coefficient (Wildman–Crippen LogP) is 3.21. The number of nitrogens with one attached hydrogen (secondary N) is 1. The SMILES string of the molecule is CCCc1ccc(OCCNS(=O)(=O)c2ccc(C)c([N+](=O)[O-])c2)cc1. The maximum atomic E-state index is 12.3. The van der Waals surface area contributed by atoms with Gasteiger partial charge in [-0.15, -0.1) is 0 Å². The highest BCUT2D eigenvalue weighted by molar-refractivity contribution is 7.89. The lowest BCUT2D eigenvalue weighted by Gasteiger charge is -2.09. The number of ether oxygens (including phenoxy) is 1. The molecule has 26 heavy (non-hydrogen) atoms. The molecule has 0 heterocycles. The largest absolute Gasteiger partial charge is 0.492 e. The molecule has 2 aromatic rings. The van der Waals surface area contributed by atoms with Crippen molar-refractivity contribution in [3.8, 4) is 5.75 Å². The average molecular weight is 378 g/mol. The van der Waals surface area contributed by atoms with Gasteiger partial charge in [-0.25, -0.2) is 13.1 Å². The summed E-state index contributed by atoms with van der Waals surface area (Å²) in [5.74, 6) is 0.662. The molecule has 8 heteroatoms. The number of sulfonamides is 1. The lowest BCUT2D eigenvalue weighted by molar-refractivity contribution is -0.385. The van der Waals surface area contributed by atoms with E-state index in [2.05, 4.69) is 11.6 Å². The van der Waals surface area contributed by atoms with Crippen molar-refractivity contribution in [1.29, 1.82) is 0 Å². The third-order valence-electron chi connectivity index (χ3n) is 3.81. The van der Waals surface area contributed by atoms with Crippen LogP contribution in [0.15, 0.2) is 47.4 Å². The normalized spacial score (nSPS) is 11.3. The minimum absolute atomic E-state index is 0.0563. The second-order valence-corrected chi connectivity index (χ2v) is 7.61. The molecule has 0 aliphatic heterocycles. The maximum Gasteiger partial charge on any atom is 0.273 e. The molecule has 0 amide bonds. The quantitative estimate of drug-likeness (QED) is 0.410. The van der Waals surface area contributed by atoms with Crippen LogP contribution in [0.5, 0.6) is 5.75 Å². The van der Waals surface area contributed by atoms with Gasteiger partial charge < -0.3 is 4.74 Å². The van der Waals surface area contributed by atoms with Crippen molar-refractivity contribution >= 4 is 15.7 Å². The fraction of sp³-hybridized carbons (Fsp3) is 0.333. The fourth-order valence-corrected chi connectivity index (χ4v) is 3.46. The van der Waals surface area contributed by atoms with Gasteiger partial charge in [0.2, 0.25) is 10.0 Å². The molecule has 0 atom stereocenters. The minimum atomic E-state index is -3.84. The summed E-state index contributed by atoms with van der Waals surface area (Å²) in [6, 6.07) is 11.5. The summed E-state index contributed by atoms with van der Waals surface area (Å²) in [4.78, 5) is 10.2. The molecule has 0 aliphatic carbocycles. The molecule has 1 N–H and O–H groups in total. The van der Waals surface area contributed by atoms with Crippen molar-refractivity contribution in [2.24, 2.45) is 0 Å². The molecular formula is C18H22N2O5S. The molecule has 0 saturated carbocycles. The van der Waals surface area contributed by atoms with E-state index in [4.69, 9.17) is 4.74 Å². The van der Waals surface area contributed by atoms with Crippen molar-refractivity contribution in [1.82, 2.24) is 4.72 Å². The molecular weight excluding hydrogens is 356 g/mol. The number of rotatable bonds is 9. The van der Waals surface area contributed by atoms with Crippen LogP contribution in [0.3, 0.4) is 0 Å². The van der Waals surface area contributed by atoms with Crippen LogP contribution in [0, 0.1) is 17.0 Å². The molecule has 0 saturated heterocycles. The van der Waals surface area contributed by atoms with E-state index < -0.39 is 14.9 Å². The number of aryl methyl sites for hydroxylation is 2. The first-order valence-corrected chi connectivity index (χ1v) is 9.78. The molecule has 0 unspecified atom stereocenters. The van der Waals surface area contributed by atoms with Crippen LogP contribution in [0.1, 0.15) is 24.5 Å². The number of nitrogens with zero attached hydrogens (tertiary/aromatic N) is 1. The molecule has 0 aliphatic rings. The van der Waals surface area contributed by atoms with Gasteiger partial charge in [0.1, 0.15) is 12.4 Å². The second kappa shape index (κ2) is 8.77. The van der Waals surface area contributed by atoms with Gasteiger partial charge in [-0.1, -0.05) is 31.5 Å². The van der Waals surface area contributed by atoms with E-state index in [-0.39, 0.29) is 23.7 Å². The molecule has 0 radical (unpaired) electrons. The van der Waals surface area contributed by atoms with Crippen molar-refractivity contribution in [2.75, 3.05) is 13.2 Å². The van der Waals surface area contributed by atoms with Crippen LogP contribution in [0.2, 0.25) is 0 Å². The van der Waals surface area contributed by atoms with Gasteiger partial charge in [0.05, 0.1) is 9.82 Å². The van der Waals surface area contributed by atoms with Crippen molar-refractivity contribution in [3.05, 3.63) is 63.7 Å². The summed E-state index contributed by atoms with van der Waals surface area (Å²) in [5, 5.41) is 11.0. The summed E-state index contributed by atoms with van der Waals surface area (Å²) in [7, 11) is -3.84. The highest BCUT2D eigenvalue weighted by Crippen LogP contribution is 2.22. The summed E-state index contributed by atoms with van der Waals surface area (Å²) in [6.07, 6.45) is 2.07. The van der Waals surface area contributed by atoms with E-state index >= 15 is 0 Å². The number of nitro benzene ring substituents is 1. The summed E-state index contributed by atoms with van der Waals surface area (Å²) in [5.41, 5.74) is 1.40. The van der Waals surface area contributed by atoms with Gasteiger partial charge in [0.15, 0.2) is 0 Å².